The Kier molecular flexibility index (Phi) is 6.11. The molecule has 0 radical (unpaired) electrons. The van der Waals surface area contributed by atoms with Crippen molar-refractivity contribution < 1.29 is 27.1 Å². The molecule has 31 heavy (non-hydrogen) atoms. The van der Waals surface area contributed by atoms with E-state index in [2.05, 4.69) is 5.10 Å². The van der Waals surface area contributed by atoms with Crippen LogP contribution in [0.25, 0.3) is 0 Å². The zero-order valence-corrected chi connectivity index (χ0v) is 17.4. The molecular weight excluding hydrogens is 418 g/mol. The van der Waals surface area contributed by atoms with E-state index < -0.39 is 34.7 Å². The number of piperidine rings is 1. The summed E-state index contributed by atoms with van der Waals surface area (Å²) in [6.07, 6.45) is -4.60. The van der Waals surface area contributed by atoms with Crippen LogP contribution in [0, 0.1) is 5.82 Å². The fourth-order valence-corrected chi connectivity index (χ4v) is 3.62. The summed E-state index contributed by atoms with van der Waals surface area (Å²) in [6.45, 7) is 4.93. The number of anilines is 1. The molecule has 1 aromatic heterocycles. The van der Waals surface area contributed by atoms with Gasteiger partial charge in [0.2, 0.25) is 0 Å². The summed E-state index contributed by atoms with van der Waals surface area (Å²) in [5.41, 5.74) is -3.95. The minimum atomic E-state index is -5.00. The average Bonchev–Trinajstić information content (AvgIpc) is 2.66. The molecule has 1 aliphatic heterocycles. The zero-order valence-electron chi connectivity index (χ0n) is 17.4. The highest BCUT2D eigenvalue weighted by molar-refractivity contribution is 5.70. The molecule has 1 fully saturated rings. The van der Waals surface area contributed by atoms with E-state index in [1.807, 2.05) is 0 Å². The minimum absolute atomic E-state index is 0.0870. The Morgan fingerprint density at radius 3 is 2.29 bits per heavy atom. The first-order valence-electron chi connectivity index (χ1n) is 9.81. The Balaban J connectivity index is 1.90. The molecule has 6 nitrogen and oxygen atoms in total. The first-order valence-corrected chi connectivity index (χ1v) is 9.81. The van der Waals surface area contributed by atoms with Crippen molar-refractivity contribution in [2.75, 3.05) is 18.0 Å². The predicted octanol–water partition coefficient (Wildman–Crippen LogP) is 4.57. The smallest absolute Gasteiger partial charge is 0.438 e. The van der Waals surface area contributed by atoms with Crippen LogP contribution < -0.4 is 10.5 Å². The molecule has 0 spiro atoms. The Morgan fingerprint density at radius 2 is 1.74 bits per heavy atom. The van der Waals surface area contributed by atoms with E-state index in [0.717, 1.165) is 6.20 Å². The summed E-state index contributed by atoms with van der Waals surface area (Å²) in [4.78, 5) is 26.1. The van der Waals surface area contributed by atoms with Gasteiger partial charge in [-0.2, -0.15) is 18.3 Å². The van der Waals surface area contributed by atoms with Crippen molar-refractivity contribution in [3.63, 3.8) is 0 Å². The number of carbonyl (C=O) groups is 1. The molecule has 2 aromatic rings. The van der Waals surface area contributed by atoms with Gasteiger partial charge in [0.25, 0.3) is 5.56 Å². The maximum Gasteiger partial charge on any atom is 0.438 e. The summed E-state index contributed by atoms with van der Waals surface area (Å²) >= 11 is 0. The summed E-state index contributed by atoms with van der Waals surface area (Å²) in [5, 5.41) is 3.63. The lowest BCUT2D eigenvalue weighted by Gasteiger charge is -2.34. The van der Waals surface area contributed by atoms with Crippen LogP contribution in [0.3, 0.4) is 0 Å². The first kappa shape index (κ1) is 22.8. The van der Waals surface area contributed by atoms with E-state index >= 15 is 0 Å². The van der Waals surface area contributed by atoms with Crippen molar-refractivity contribution in [1.29, 1.82) is 0 Å². The zero-order chi connectivity index (χ0) is 23.0. The molecule has 2 heterocycles. The third kappa shape index (κ3) is 5.05. The third-order valence-electron chi connectivity index (χ3n) is 4.99. The summed E-state index contributed by atoms with van der Waals surface area (Å²) in [5.74, 6) is -0.486. The number of ether oxygens (including phenoxy) is 1. The van der Waals surface area contributed by atoms with Crippen LogP contribution in [0.15, 0.2) is 35.3 Å². The van der Waals surface area contributed by atoms with E-state index in [4.69, 9.17) is 4.74 Å². The highest BCUT2D eigenvalue weighted by Gasteiger charge is 2.41. The number of alkyl halides is 3. The van der Waals surface area contributed by atoms with Crippen LogP contribution >= 0.6 is 0 Å². The first-order chi connectivity index (χ1) is 14.4. The van der Waals surface area contributed by atoms with Gasteiger partial charge in [0, 0.05) is 13.1 Å². The SMILES string of the molecule is CC(C)(C)OC(=O)n1ncc(N2CCC(c3ccccc3F)CC2)c(C(F)(F)F)c1=O. The van der Waals surface area contributed by atoms with Gasteiger partial charge in [-0.05, 0) is 51.2 Å². The maximum absolute atomic E-state index is 14.0. The minimum Gasteiger partial charge on any atom is -0.442 e. The van der Waals surface area contributed by atoms with Crippen LogP contribution in [0.1, 0.15) is 50.7 Å². The lowest BCUT2D eigenvalue weighted by molar-refractivity contribution is -0.138. The van der Waals surface area contributed by atoms with Gasteiger partial charge < -0.3 is 9.64 Å². The van der Waals surface area contributed by atoms with Gasteiger partial charge in [-0.15, -0.1) is 4.68 Å². The second-order valence-electron chi connectivity index (χ2n) is 8.38. The van der Waals surface area contributed by atoms with E-state index in [9.17, 15) is 27.2 Å². The van der Waals surface area contributed by atoms with E-state index in [0.29, 0.717) is 18.4 Å². The molecule has 0 atom stereocenters. The second kappa shape index (κ2) is 8.32. The fourth-order valence-electron chi connectivity index (χ4n) is 3.62. The van der Waals surface area contributed by atoms with Crippen molar-refractivity contribution in [2.24, 2.45) is 0 Å². The van der Waals surface area contributed by atoms with E-state index in [1.165, 1.54) is 31.7 Å². The summed E-state index contributed by atoms with van der Waals surface area (Å²) < 4.78 is 60.4. The molecule has 1 saturated heterocycles. The summed E-state index contributed by atoms with van der Waals surface area (Å²) in [7, 11) is 0. The van der Waals surface area contributed by atoms with E-state index in [-0.39, 0.29) is 29.5 Å². The molecule has 1 aliphatic rings. The predicted molar refractivity (Wildman–Crippen MR) is 106 cm³/mol. The van der Waals surface area contributed by atoms with Crippen LogP contribution in [0.5, 0.6) is 0 Å². The highest BCUT2D eigenvalue weighted by atomic mass is 19.4. The van der Waals surface area contributed by atoms with Crippen LogP contribution in [0.2, 0.25) is 0 Å². The number of halogens is 4. The van der Waals surface area contributed by atoms with Gasteiger partial charge in [0.1, 0.15) is 17.0 Å². The van der Waals surface area contributed by atoms with Crippen molar-refractivity contribution in [3.05, 3.63) is 57.8 Å². The quantitative estimate of drug-likeness (QED) is 0.639. The average molecular weight is 441 g/mol. The Morgan fingerprint density at radius 1 is 1.13 bits per heavy atom. The van der Waals surface area contributed by atoms with Crippen molar-refractivity contribution >= 4 is 11.8 Å². The lowest BCUT2D eigenvalue weighted by atomic mass is 9.89. The number of rotatable bonds is 2. The van der Waals surface area contributed by atoms with Crippen LogP contribution in [-0.2, 0) is 10.9 Å². The lowest BCUT2D eigenvalue weighted by Crippen LogP contribution is -2.41. The Labute approximate surface area is 176 Å². The molecule has 0 saturated carbocycles. The molecule has 168 valence electrons. The second-order valence-corrected chi connectivity index (χ2v) is 8.38. The number of benzene rings is 1. The molecule has 10 heteroatoms. The van der Waals surface area contributed by atoms with Crippen LogP contribution in [0.4, 0.5) is 28.0 Å². The normalized spacial score (nSPS) is 15.8. The van der Waals surface area contributed by atoms with Gasteiger partial charge in [-0.1, -0.05) is 18.2 Å². The molecule has 0 amide bonds. The number of carbonyl (C=O) groups excluding carboxylic acids is 1. The van der Waals surface area contributed by atoms with Crippen LogP contribution in [-0.4, -0.2) is 34.6 Å². The molecule has 0 N–H and O–H groups in total. The standard InChI is InChI=1S/C21H23F4N3O3/c1-20(2,3)31-19(30)28-18(29)17(21(23,24)25)16(12-26-28)27-10-8-13(9-11-27)14-6-4-5-7-15(14)22/h4-7,12-13H,8-11H2,1-3H3. The highest BCUT2D eigenvalue weighted by Crippen LogP contribution is 2.37. The molecule has 0 bridgehead atoms. The number of hydrogen-bond donors (Lipinski definition) is 0. The van der Waals surface area contributed by atoms with Crippen molar-refractivity contribution in [2.45, 2.75) is 51.3 Å². The fraction of sp³-hybridized carbons (Fsp3) is 0.476. The monoisotopic (exact) mass is 441 g/mol. The molecule has 0 unspecified atom stereocenters. The molecule has 3 rings (SSSR count). The third-order valence-corrected chi connectivity index (χ3v) is 4.99. The molecule has 0 aliphatic carbocycles. The number of hydrogen-bond acceptors (Lipinski definition) is 5. The van der Waals surface area contributed by atoms with Gasteiger partial charge in [0.15, 0.2) is 0 Å². The summed E-state index contributed by atoms with van der Waals surface area (Å²) in [6, 6.07) is 6.31. The van der Waals surface area contributed by atoms with E-state index in [1.54, 1.807) is 18.2 Å². The topological polar surface area (TPSA) is 64.4 Å². The Bertz CT molecular complexity index is 1020. The van der Waals surface area contributed by atoms with Gasteiger partial charge in [-0.3, -0.25) is 4.79 Å². The largest absolute Gasteiger partial charge is 0.442 e. The van der Waals surface area contributed by atoms with Crippen molar-refractivity contribution in [3.8, 4) is 0 Å². The van der Waals surface area contributed by atoms with Crippen molar-refractivity contribution in [1.82, 2.24) is 9.78 Å². The number of nitrogens with zero attached hydrogens (tertiary/aromatic N) is 3. The van der Waals surface area contributed by atoms with Gasteiger partial charge in [-0.25, -0.2) is 9.18 Å². The maximum atomic E-state index is 14.0. The van der Waals surface area contributed by atoms with Gasteiger partial charge in [0.05, 0.1) is 11.9 Å². The van der Waals surface area contributed by atoms with Gasteiger partial charge >= 0.3 is 12.3 Å². The molecular formula is C21H23F4N3O3. The Hall–Kier alpha value is -2.91. The molecule has 1 aromatic carbocycles. The number of aromatic nitrogens is 2.